The van der Waals surface area contributed by atoms with Crippen LogP contribution in [0.2, 0.25) is 0 Å². The van der Waals surface area contributed by atoms with Crippen molar-refractivity contribution in [3.05, 3.63) is 46.7 Å². The standard InChI is InChI=1S/C15H20FN5S.HI/c1-17-14(18-8-11-5-4-6-12(16)7-11)19-9-13-10-22-15(20-13)21(2)3;/h4-7,10H,8-9H2,1-3H3,(H2,17,18,19);1H. The van der Waals surface area contributed by atoms with Gasteiger partial charge in [0, 0.05) is 33.1 Å². The average Bonchev–Trinajstić information content (AvgIpc) is 2.97. The molecule has 0 aliphatic heterocycles. The number of hydrogen-bond acceptors (Lipinski definition) is 4. The van der Waals surface area contributed by atoms with Gasteiger partial charge >= 0.3 is 0 Å². The Kier molecular flexibility index (Phi) is 8.24. The SMILES string of the molecule is CN=C(NCc1cccc(F)c1)NCc1csc(N(C)C)n1.I. The summed E-state index contributed by atoms with van der Waals surface area (Å²) in [7, 11) is 5.64. The van der Waals surface area contributed by atoms with Crippen molar-refractivity contribution in [1.29, 1.82) is 0 Å². The van der Waals surface area contributed by atoms with Crippen LogP contribution in [-0.2, 0) is 13.1 Å². The quantitative estimate of drug-likeness (QED) is 0.419. The number of hydrogen-bond donors (Lipinski definition) is 2. The first-order valence-electron chi connectivity index (χ1n) is 6.89. The van der Waals surface area contributed by atoms with Gasteiger partial charge in [0.1, 0.15) is 5.82 Å². The van der Waals surface area contributed by atoms with Crippen molar-refractivity contribution >= 4 is 46.4 Å². The summed E-state index contributed by atoms with van der Waals surface area (Å²) < 4.78 is 13.1. The third-order valence-corrected chi connectivity index (χ3v) is 3.99. The Morgan fingerprint density at radius 1 is 1.30 bits per heavy atom. The van der Waals surface area contributed by atoms with E-state index in [0.29, 0.717) is 19.0 Å². The number of anilines is 1. The minimum atomic E-state index is -0.235. The summed E-state index contributed by atoms with van der Waals surface area (Å²) in [5.41, 5.74) is 1.83. The highest BCUT2D eigenvalue weighted by Gasteiger charge is 2.05. The van der Waals surface area contributed by atoms with Gasteiger partial charge in [-0.15, -0.1) is 35.3 Å². The van der Waals surface area contributed by atoms with Crippen molar-refractivity contribution in [3.8, 4) is 0 Å². The maximum absolute atomic E-state index is 13.1. The van der Waals surface area contributed by atoms with Gasteiger partial charge in [-0.3, -0.25) is 4.99 Å². The van der Waals surface area contributed by atoms with Crippen LogP contribution in [0, 0.1) is 5.82 Å². The van der Waals surface area contributed by atoms with Crippen molar-refractivity contribution < 1.29 is 4.39 Å². The molecule has 0 saturated carbocycles. The van der Waals surface area contributed by atoms with E-state index < -0.39 is 0 Å². The fourth-order valence-electron chi connectivity index (χ4n) is 1.81. The summed E-state index contributed by atoms with van der Waals surface area (Å²) in [6, 6.07) is 6.50. The van der Waals surface area contributed by atoms with Crippen molar-refractivity contribution in [1.82, 2.24) is 15.6 Å². The number of rotatable bonds is 5. The lowest BCUT2D eigenvalue weighted by atomic mass is 10.2. The molecule has 0 bridgehead atoms. The van der Waals surface area contributed by atoms with Gasteiger partial charge in [0.15, 0.2) is 11.1 Å². The van der Waals surface area contributed by atoms with Crippen LogP contribution in [0.5, 0.6) is 0 Å². The second kappa shape index (κ2) is 9.66. The van der Waals surface area contributed by atoms with Gasteiger partial charge in [-0.05, 0) is 17.7 Å². The lowest BCUT2D eigenvalue weighted by molar-refractivity contribution is 0.624. The first kappa shape index (κ1) is 19.6. The van der Waals surface area contributed by atoms with Gasteiger partial charge in [-0.25, -0.2) is 9.37 Å². The van der Waals surface area contributed by atoms with Crippen LogP contribution >= 0.6 is 35.3 Å². The Bertz CT molecular complexity index is 644. The van der Waals surface area contributed by atoms with Crippen LogP contribution in [0.4, 0.5) is 9.52 Å². The van der Waals surface area contributed by atoms with Crippen molar-refractivity contribution in [2.45, 2.75) is 13.1 Å². The molecular weight excluding hydrogens is 428 g/mol. The molecule has 0 unspecified atom stereocenters. The number of benzene rings is 1. The van der Waals surface area contributed by atoms with Crippen LogP contribution in [0.3, 0.4) is 0 Å². The van der Waals surface area contributed by atoms with E-state index in [4.69, 9.17) is 0 Å². The molecule has 0 amide bonds. The molecule has 126 valence electrons. The molecule has 0 fully saturated rings. The number of aromatic nitrogens is 1. The average molecular weight is 449 g/mol. The number of guanidine groups is 1. The molecule has 0 atom stereocenters. The van der Waals surface area contributed by atoms with Gasteiger partial charge in [0.05, 0.1) is 12.2 Å². The summed E-state index contributed by atoms with van der Waals surface area (Å²) >= 11 is 1.60. The third-order valence-electron chi connectivity index (χ3n) is 2.93. The highest BCUT2D eigenvalue weighted by Crippen LogP contribution is 2.17. The second-order valence-corrected chi connectivity index (χ2v) is 5.76. The van der Waals surface area contributed by atoms with Crippen LogP contribution in [0.25, 0.3) is 0 Å². The molecule has 2 N–H and O–H groups in total. The summed E-state index contributed by atoms with van der Waals surface area (Å²) in [4.78, 5) is 10.6. The van der Waals surface area contributed by atoms with E-state index in [1.54, 1.807) is 24.5 Å². The zero-order valence-electron chi connectivity index (χ0n) is 13.3. The van der Waals surface area contributed by atoms with Crippen LogP contribution in [-0.4, -0.2) is 32.1 Å². The van der Waals surface area contributed by atoms with Crippen molar-refractivity contribution in [2.75, 3.05) is 26.0 Å². The lowest BCUT2D eigenvalue weighted by Gasteiger charge is -2.11. The highest BCUT2D eigenvalue weighted by atomic mass is 127. The summed E-state index contributed by atoms with van der Waals surface area (Å²) in [6.45, 7) is 1.10. The lowest BCUT2D eigenvalue weighted by Crippen LogP contribution is -2.36. The van der Waals surface area contributed by atoms with Gasteiger partial charge in [-0.1, -0.05) is 12.1 Å². The molecular formula is C15H21FIN5S. The first-order valence-corrected chi connectivity index (χ1v) is 7.77. The molecule has 2 aromatic rings. The molecule has 0 spiro atoms. The van der Waals surface area contributed by atoms with E-state index >= 15 is 0 Å². The monoisotopic (exact) mass is 449 g/mol. The molecule has 8 heteroatoms. The Morgan fingerprint density at radius 2 is 2.04 bits per heavy atom. The molecule has 5 nitrogen and oxygen atoms in total. The molecule has 23 heavy (non-hydrogen) atoms. The fraction of sp³-hybridized carbons (Fsp3) is 0.333. The molecule has 0 aliphatic carbocycles. The minimum Gasteiger partial charge on any atom is -0.354 e. The van der Waals surface area contributed by atoms with E-state index in [2.05, 4.69) is 20.6 Å². The van der Waals surface area contributed by atoms with E-state index in [-0.39, 0.29) is 29.8 Å². The molecule has 2 rings (SSSR count). The number of halogens is 2. The first-order chi connectivity index (χ1) is 10.6. The predicted octanol–water partition coefficient (Wildman–Crippen LogP) is 2.83. The van der Waals surface area contributed by atoms with Gasteiger partial charge in [0.25, 0.3) is 0 Å². The molecule has 1 heterocycles. The van der Waals surface area contributed by atoms with E-state index in [1.807, 2.05) is 30.4 Å². The largest absolute Gasteiger partial charge is 0.354 e. The van der Waals surface area contributed by atoms with Crippen LogP contribution in [0.15, 0.2) is 34.6 Å². The zero-order valence-corrected chi connectivity index (χ0v) is 16.5. The Balaban J connectivity index is 0.00000264. The fourth-order valence-corrected chi connectivity index (χ4v) is 2.57. The predicted molar refractivity (Wildman–Crippen MR) is 105 cm³/mol. The third kappa shape index (κ3) is 6.30. The highest BCUT2D eigenvalue weighted by molar-refractivity contribution is 14.0. The van der Waals surface area contributed by atoms with Crippen LogP contribution < -0.4 is 15.5 Å². The molecule has 0 saturated heterocycles. The molecule has 1 aromatic heterocycles. The van der Waals surface area contributed by atoms with E-state index in [9.17, 15) is 4.39 Å². The van der Waals surface area contributed by atoms with Gasteiger partial charge < -0.3 is 15.5 Å². The van der Waals surface area contributed by atoms with Gasteiger partial charge in [-0.2, -0.15) is 0 Å². The minimum absolute atomic E-state index is 0. The van der Waals surface area contributed by atoms with E-state index in [0.717, 1.165) is 16.4 Å². The number of thiazole rings is 1. The summed E-state index contributed by atoms with van der Waals surface area (Å²) in [5.74, 6) is 0.421. The number of nitrogens with one attached hydrogen (secondary N) is 2. The Hall–Kier alpha value is -1.42. The number of aliphatic imine (C=N–C) groups is 1. The zero-order chi connectivity index (χ0) is 15.9. The molecule has 1 aromatic carbocycles. The van der Waals surface area contributed by atoms with Crippen molar-refractivity contribution in [3.63, 3.8) is 0 Å². The van der Waals surface area contributed by atoms with Crippen LogP contribution in [0.1, 0.15) is 11.3 Å². The normalized spacial score (nSPS) is 10.9. The Labute approximate surface area is 157 Å². The summed E-state index contributed by atoms with van der Waals surface area (Å²) in [6.07, 6.45) is 0. The molecule has 0 aliphatic rings. The molecule has 0 radical (unpaired) electrons. The second-order valence-electron chi connectivity index (χ2n) is 4.93. The van der Waals surface area contributed by atoms with Crippen molar-refractivity contribution in [2.24, 2.45) is 4.99 Å². The summed E-state index contributed by atoms with van der Waals surface area (Å²) in [5, 5.41) is 9.33. The van der Waals surface area contributed by atoms with Gasteiger partial charge in [0.2, 0.25) is 0 Å². The smallest absolute Gasteiger partial charge is 0.191 e. The maximum atomic E-state index is 13.1. The Morgan fingerprint density at radius 3 is 2.65 bits per heavy atom. The van der Waals surface area contributed by atoms with E-state index in [1.165, 1.54) is 12.1 Å². The number of nitrogens with zero attached hydrogens (tertiary/aromatic N) is 3. The maximum Gasteiger partial charge on any atom is 0.191 e. The topological polar surface area (TPSA) is 52.6 Å².